The lowest BCUT2D eigenvalue weighted by Crippen LogP contribution is -2.29. The smallest absolute Gasteiger partial charge is 0.251 e. The van der Waals surface area contributed by atoms with E-state index >= 15 is 0 Å². The highest BCUT2D eigenvalue weighted by Gasteiger charge is 2.30. The minimum Gasteiger partial charge on any atom is -0.545 e. The zero-order valence-corrected chi connectivity index (χ0v) is 5.77. The van der Waals surface area contributed by atoms with Crippen LogP contribution in [0.1, 0.15) is 19.3 Å². The lowest BCUT2D eigenvalue weighted by Gasteiger charge is -2.21. The molecule has 0 aromatic heterocycles. The lowest BCUT2D eigenvalue weighted by molar-refractivity contribution is -0.299. The van der Waals surface area contributed by atoms with Crippen LogP contribution in [0.3, 0.4) is 0 Å². The lowest BCUT2D eigenvalue weighted by atomic mass is 9.97. The molecule has 62 valence electrons. The first-order valence-corrected chi connectivity index (χ1v) is 3.29. The molecule has 4 heteroatoms. The molecule has 0 amide bonds. The van der Waals surface area contributed by atoms with E-state index < -0.39 is 18.3 Å². The summed E-state index contributed by atoms with van der Waals surface area (Å²) in [4.78, 5) is 10.1. The Balaban J connectivity index is 2.65. The summed E-state index contributed by atoms with van der Waals surface area (Å²) in [6.45, 7) is 0. The van der Waals surface area contributed by atoms with Gasteiger partial charge in [0.1, 0.15) is 0 Å². The first-order chi connectivity index (χ1) is 5.01. The number of hydrogen-bond acceptors (Lipinski definition) is 2. The number of alkyl halides is 2. The van der Waals surface area contributed by atoms with Crippen molar-refractivity contribution in [2.24, 2.45) is 0 Å². The van der Waals surface area contributed by atoms with E-state index in [9.17, 15) is 18.7 Å². The summed E-state index contributed by atoms with van der Waals surface area (Å²) >= 11 is 0. The fourth-order valence-corrected chi connectivity index (χ4v) is 0.980. The molecule has 0 spiro atoms. The van der Waals surface area contributed by atoms with Crippen LogP contribution in [-0.4, -0.2) is 11.9 Å². The Hall–Kier alpha value is -0.930. The topological polar surface area (TPSA) is 40.1 Å². The predicted octanol–water partition coefficient (Wildman–Crippen LogP) is 0.482. The molecule has 0 saturated heterocycles. The second-order valence-corrected chi connectivity index (χ2v) is 2.58. The molecule has 1 rings (SSSR count). The van der Waals surface area contributed by atoms with Crippen LogP contribution in [0.2, 0.25) is 0 Å². The van der Waals surface area contributed by atoms with Crippen molar-refractivity contribution in [3.63, 3.8) is 0 Å². The molecule has 1 aliphatic rings. The molecule has 0 fully saturated rings. The van der Waals surface area contributed by atoms with Gasteiger partial charge in [0, 0.05) is 12.8 Å². The van der Waals surface area contributed by atoms with Crippen LogP contribution in [0.25, 0.3) is 0 Å². The van der Waals surface area contributed by atoms with Crippen molar-refractivity contribution in [1.29, 1.82) is 0 Å². The SMILES string of the molecule is O=C([O-])C1=CCC(F)(F)CC1. The van der Waals surface area contributed by atoms with Crippen LogP contribution in [0.4, 0.5) is 8.78 Å². The zero-order valence-electron chi connectivity index (χ0n) is 5.77. The minimum atomic E-state index is -2.72. The van der Waals surface area contributed by atoms with Gasteiger partial charge in [-0.25, -0.2) is 8.78 Å². The first-order valence-electron chi connectivity index (χ1n) is 3.29. The molecular formula is C7H7F2O2-. The third-order valence-electron chi connectivity index (χ3n) is 1.67. The maximum absolute atomic E-state index is 12.4. The van der Waals surface area contributed by atoms with Crippen LogP contribution < -0.4 is 5.11 Å². The molecule has 0 aromatic carbocycles. The number of carbonyl (C=O) groups is 1. The van der Waals surface area contributed by atoms with Crippen LogP contribution in [0.5, 0.6) is 0 Å². The summed E-state index contributed by atoms with van der Waals surface area (Å²) in [6.07, 6.45) is 0.0945. The highest BCUT2D eigenvalue weighted by Crippen LogP contribution is 2.31. The van der Waals surface area contributed by atoms with E-state index in [0.717, 1.165) is 6.08 Å². The van der Waals surface area contributed by atoms with Gasteiger partial charge in [-0.05, 0) is 12.0 Å². The Morgan fingerprint density at radius 1 is 1.64 bits per heavy atom. The monoisotopic (exact) mass is 161 g/mol. The second kappa shape index (κ2) is 2.60. The molecule has 0 unspecified atom stereocenters. The van der Waals surface area contributed by atoms with Crippen molar-refractivity contribution in [2.75, 3.05) is 0 Å². The van der Waals surface area contributed by atoms with Gasteiger partial charge >= 0.3 is 0 Å². The van der Waals surface area contributed by atoms with Gasteiger partial charge in [0.2, 0.25) is 0 Å². The number of carboxylic acid groups (broad SMARTS) is 1. The van der Waals surface area contributed by atoms with E-state index in [4.69, 9.17) is 0 Å². The highest BCUT2D eigenvalue weighted by atomic mass is 19.3. The molecule has 0 radical (unpaired) electrons. The summed E-state index contributed by atoms with van der Waals surface area (Å²) in [6, 6.07) is 0. The zero-order chi connectivity index (χ0) is 8.48. The van der Waals surface area contributed by atoms with Gasteiger partial charge in [-0.2, -0.15) is 0 Å². The molecule has 0 atom stereocenters. The van der Waals surface area contributed by atoms with Gasteiger partial charge in [0.25, 0.3) is 5.92 Å². The number of halogens is 2. The summed E-state index contributed by atoms with van der Waals surface area (Å²) < 4.78 is 24.8. The van der Waals surface area contributed by atoms with Crippen molar-refractivity contribution in [3.05, 3.63) is 11.6 Å². The Bertz CT molecular complexity index is 208. The molecule has 0 aliphatic heterocycles. The first kappa shape index (κ1) is 8.17. The third kappa shape index (κ3) is 2.00. The average molecular weight is 161 g/mol. The Kier molecular flexibility index (Phi) is 1.93. The van der Waals surface area contributed by atoms with Crippen LogP contribution in [0, 0.1) is 0 Å². The molecular weight excluding hydrogens is 154 g/mol. The summed E-state index contributed by atoms with van der Waals surface area (Å²) in [5.74, 6) is -4.06. The third-order valence-corrected chi connectivity index (χ3v) is 1.67. The summed E-state index contributed by atoms with van der Waals surface area (Å²) in [5, 5.41) is 10.1. The van der Waals surface area contributed by atoms with Gasteiger partial charge in [-0.3, -0.25) is 0 Å². The van der Waals surface area contributed by atoms with Crippen molar-refractivity contribution in [2.45, 2.75) is 25.2 Å². The van der Waals surface area contributed by atoms with E-state index in [2.05, 4.69) is 0 Å². The number of carbonyl (C=O) groups excluding carboxylic acids is 1. The molecule has 0 heterocycles. The van der Waals surface area contributed by atoms with Gasteiger partial charge < -0.3 is 9.90 Å². The standard InChI is InChI=1S/C7H8F2O2/c8-7(9)3-1-5(2-4-7)6(10)11/h1H,2-4H2,(H,10,11)/p-1. The molecule has 2 nitrogen and oxygen atoms in total. The van der Waals surface area contributed by atoms with E-state index in [0.29, 0.717) is 0 Å². The number of hydrogen-bond donors (Lipinski definition) is 0. The average Bonchev–Trinajstić information content (AvgIpc) is 1.86. The largest absolute Gasteiger partial charge is 0.545 e. The number of allylic oxidation sites excluding steroid dienone is 1. The van der Waals surface area contributed by atoms with E-state index in [1.54, 1.807) is 0 Å². The van der Waals surface area contributed by atoms with Gasteiger partial charge in [0.15, 0.2) is 0 Å². The molecule has 0 bridgehead atoms. The van der Waals surface area contributed by atoms with E-state index in [-0.39, 0.29) is 18.4 Å². The molecule has 11 heavy (non-hydrogen) atoms. The number of aliphatic carboxylic acids is 1. The molecule has 0 aromatic rings. The Morgan fingerprint density at radius 2 is 2.27 bits per heavy atom. The van der Waals surface area contributed by atoms with Gasteiger partial charge in [-0.1, -0.05) is 6.08 Å². The van der Waals surface area contributed by atoms with Crippen LogP contribution >= 0.6 is 0 Å². The summed E-state index contributed by atoms with van der Waals surface area (Å²) in [7, 11) is 0. The van der Waals surface area contributed by atoms with Crippen molar-refractivity contribution < 1.29 is 18.7 Å². The van der Waals surface area contributed by atoms with Gasteiger partial charge in [0.05, 0.1) is 5.97 Å². The molecule has 1 aliphatic carbocycles. The van der Waals surface area contributed by atoms with Crippen molar-refractivity contribution >= 4 is 5.97 Å². The normalized spacial score (nSPS) is 22.5. The Morgan fingerprint density at radius 3 is 2.64 bits per heavy atom. The number of carboxylic acids is 1. The minimum absolute atomic E-state index is 0.00377. The van der Waals surface area contributed by atoms with E-state index in [1.807, 2.05) is 0 Å². The van der Waals surface area contributed by atoms with Crippen molar-refractivity contribution in [1.82, 2.24) is 0 Å². The quantitative estimate of drug-likeness (QED) is 0.561. The fraction of sp³-hybridized carbons (Fsp3) is 0.571. The molecule has 0 N–H and O–H groups in total. The molecule has 0 saturated carbocycles. The predicted molar refractivity (Wildman–Crippen MR) is 31.9 cm³/mol. The number of rotatable bonds is 1. The van der Waals surface area contributed by atoms with Crippen LogP contribution in [0.15, 0.2) is 11.6 Å². The maximum Gasteiger partial charge on any atom is 0.251 e. The fourth-order valence-electron chi connectivity index (χ4n) is 0.980. The Labute approximate surface area is 62.5 Å². The highest BCUT2D eigenvalue weighted by molar-refractivity contribution is 5.84. The van der Waals surface area contributed by atoms with E-state index in [1.165, 1.54) is 0 Å². The summed E-state index contributed by atoms with van der Waals surface area (Å²) in [5.41, 5.74) is -0.00377. The maximum atomic E-state index is 12.4. The second-order valence-electron chi connectivity index (χ2n) is 2.58. The van der Waals surface area contributed by atoms with Crippen LogP contribution in [-0.2, 0) is 4.79 Å². The van der Waals surface area contributed by atoms with Crippen molar-refractivity contribution in [3.8, 4) is 0 Å². The van der Waals surface area contributed by atoms with Gasteiger partial charge in [-0.15, -0.1) is 0 Å².